The van der Waals surface area contributed by atoms with E-state index < -0.39 is 5.92 Å². The summed E-state index contributed by atoms with van der Waals surface area (Å²) in [7, 11) is 0. The number of furan rings is 1. The van der Waals surface area contributed by atoms with E-state index in [0.29, 0.717) is 42.0 Å². The van der Waals surface area contributed by atoms with E-state index in [4.69, 9.17) is 8.97 Å². The van der Waals surface area contributed by atoms with Crippen molar-refractivity contribution in [3.05, 3.63) is 131 Å². The molecule has 0 aliphatic heterocycles. The maximum Gasteiger partial charge on any atom is 0.251 e. The summed E-state index contributed by atoms with van der Waals surface area (Å²) in [5.74, 6) is 0.488. The SMILES string of the molecule is O=C(NCCSO)c1ccc(CC(C(=O)Nc2ccc(-c3cc4ccccc4o3)cc2)c2ccc(C3=CCCCC3)cc2)cc1. The lowest BCUT2D eigenvalue weighted by atomic mass is 9.88. The van der Waals surface area contributed by atoms with E-state index in [9.17, 15) is 9.59 Å². The number of anilines is 1. The number of carbonyl (C=O) groups is 2. The lowest BCUT2D eigenvalue weighted by molar-refractivity contribution is -0.117. The molecule has 6 nitrogen and oxygen atoms in total. The molecule has 2 amide bonds. The molecule has 228 valence electrons. The Morgan fingerprint density at radius 2 is 1.62 bits per heavy atom. The number of para-hydroxylation sites is 1. The fraction of sp³-hybridized carbons (Fsp3) is 0.211. The predicted octanol–water partition coefficient (Wildman–Crippen LogP) is 8.96. The molecule has 5 aromatic rings. The Hall–Kier alpha value is -4.59. The van der Waals surface area contributed by atoms with Crippen LogP contribution in [-0.2, 0) is 11.2 Å². The summed E-state index contributed by atoms with van der Waals surface area (Å²) in [5, 5.41) is 6.97. The molecule has 0 spiro atoms. The van der Waals surface area contributed by atoms with Gasteiger partial charge in [-0.15, -0.1) is 0 Å². The molecule has 0 saturated heterocycles. The first-order chi connectivity index (χ1) is 22.1. The highest BCUT2D eigenvalue weighted by Crippen LogP contribution is 2.31. The van der Waals surface area contributed by atoms with Gasteiger partial charge in [-0.25, -0.2) is 0 Å². The van der Waals surface area contributed by atoms with Gasteiger partial charge in [-0.3, -0.25) is 9.59 Å². The molecule has 3 N–H and O–H groups in total. The summed E-state index contributed by atoms with van der Waals surface area (Å²) in [6.07, 6.45) is 7.47. The van der Waals surface area contributed by atoms with Gasteiger partial charge in [0, 0.05) is 34.5 Å². The van der Waals surface area contributed by atoms with Crippen molar-refractivity contribution >= 4 is 46.1 Å². The van der Waals surface area contributed by atoms with Gasteiger partial charge in [-0.05, 0) is 115 Å². The molecule has 1 heterocycles. The number of fused-ring (bicyclic) bond motifs is 1. The Labute approximate surface area is 267 Å². The number of nitrogens with one attached hydrogen (secondary N) is 2. The number of hydrogen-bond donors (Lipinski definition) is 3. The van der Waals surface area contributed by atoms with E-state index >= 15 is 0 Å². The molecule has 1 atom stereocenters. The average molecular weight is 617 g/mol. The van der Waals surface area contributed by atoms with Crippen molar-refractivity contribution in [3.63, 3.8) is 0 Å². The smallest absolute Gasteiger partial charge is 0.251 e. The molecular formula is C38H36N2O4S. The predicted molar refractivity (Wildman–Crippen MR) is 183 cm³/mol. The maximum absolute atomic E-state index is 13.9. The van der Waals surface area contributed by atoms with E-state index in [0.717, 1.165) is 46.3 Å². The van der Waals surface area contributed by atoms with Gasteiger partial charge in [0.2, 0.25) is 5.91 Å². The highest BCUT2D eigenvalue weighted by atomic mass is 32.2. The van der Waals surface area contributed by atoms with Crippen LogP contribution < -0.4 is 10.6 Å². The highest BCUT2D eigenvalue weighted by molar-refractivity contribution is 7.93. The van der Waals surface area contributed by atoms with Gasteiger partial charge in [0.1, 0.15) is 11.3 Å². The molecule has 1 aliphatic rings. The van der Waals surface area contributed by atoms with Crippen molar-refractivity contribution in [3.8, 4) is 11.3 Å². The van der Waals surface area contributed by atoms with Gasteiger partial charge >= 0.3 is 0 Å². The Kier molecular flexibility index (Phi) is 9.78. The van der Waals surface area contributed by atoms with Crippen LogP contribution in [0.3, 0.4) is 0 Å². The van der Waals surface area contributed by atoms with Crippen LogP contribution in [0.25, 0.3) is 27.9 Å². The molecule has 6 rings (SSSR count). The summed E-state index contributed by atoms with van der Waals surface area (Å²) in [5.41, 5.74) is 7.52. The van der Waals surface area contributed by atoms with Crippen LogP contribution in [0.1, 0.15) is 58.6 Å². The lowest BCUT2D eigenvalue weighted by Gasteiger charge is -2.19. The third-order valence-electron chi connectivity index (χ3n) is 8.29. The zero-order valence-corrected chi connectivity index (χ0v) is 25.8. The zero-order valence-electron chi connectivity index (χ0n) is 25.0. The van der Waals surface area contributed by atoms with Crippen molar-refractivity contribution < 1.29 is 18.6 Å². The Bertz CT molecular complexity index is 1760. The second-order valence-corrected chi connectivity index (χ2v) is 12.0. The Morgan fingerprint density at radius 1 is 0.867 bits per heavy atom. The van der Waals surface area contributed by atoms with E-state index in [1.54, 1.807) is 12.1 Å². The van der Waals surface area contributed by atoms with Gasteiger partial charge < -0.3 is 19.6 Å². The quantitative estimate of drug-likeness (QED) is 0.102. The van der Waals surface area contributed by atoms with Crippen LogP contribution in [0.4, 0.5) is 5.69 Å². The van der Waals surface area contributed by atoms with Crippen LogP contribution in [-0.4, -0.2) is 28.7 Å². The Balaban J connectivity index is 1.20. The van der Waals surface area contributed by atoms with Crippen molar-refractivity contribution in [2.75, 3.05) is 17.6 Å². The molecule has 0 bridgehead atoms. The number of rotatable bonds is 11. The van der Waals surface area contributed by atoms with Crippen LogP contribution in [0.15, 0.2) is 114 Å². The lowest BCUT2D eigenvalue weighted by Crippen LogP contribution is -2.25. The van der Waals surface area contributed by atoms with Crippen LogP contribution in [0.5, 0.6) is 0 Å². The second-order valence-electron chi connectivity index (χ2n) is 11.4. The van der Waals surface area contributed by atoms with E-state index in [1.165, 1.54) is 24.0 Å². The first kappa shape index (κ1) is 30.4. The first-order valence-corrected chi connectivity index (χ1v) is 16.3. The fourth-order valence-electron chi connectivity index (χ4n) is 5.80. The second kappa shape index (κ2) is 14.5. The van der Waals surface area contributed by atoms with Crippen molar-refractivity contribution in [2.45, 2.75) is 38.0 Å². The largest absolute Gasteiger partial charge is 0.456 e. The first-order valence-electron chi connectivity index (χ1n) is 15.4. The van der Waals surface area contributed by atoms with Gasteiger partial charge in [0.05, 0.1) is 5.92 Å². The van der Waals surface area contributed by atoms with Crippen LogP contribution in [0.2, 0.25) is 0 Å². The summed E-state index contributed by atoms with van der Waals surface area (Å²) in [6.45, 7) is 0.385. The minimum Gasteiger partial charge on any atom is -0.456 e. The molecule has 4 aromatic carbocycles. The minimum atomic E-state index is -0.435. The Morgan fingerprint density at radius 3 is 2.33 bits per heavy atom. The summed E-state index contributed by atoms with van der Waals surface area (Å²) < 4.78 is 14.9. The number of benzene rings is 4. The molecule has 0 radical (unpaired) electrons. The monoisotopic (exact) mass is 616 g/mol. The van der Waals surface area contributed by atoms with Crippen molar-refractivity contribution in [1.82, 2.24) is 5.32 Å². The molecule has 1 aliphatic carbocycles. The highest BCUT2D eigenvalue weighted by Gasteiger charge is 2.22. The topological polar surface area (TPSA) is 91.6 Å². The molecule has 0 saturated carbocycles. The zero-order chi connectivity index (χ0) is 31.0. The number of amides is 2. The molecule has 1 unspecified atom stereocenters. The molecule has 45 heavy (non-hydrogen) atoms. The molecule has 7 heteroatoms. The van der Waals surface area contributed by atoms with Gasteiger partial charge in [-0.1, -0.05) is 60.7 Å². The van der Waals surface area contributed by atoms with Crippen molar-refractivity contribution in [1.29, 1.82) is 0 Å². The summed E-state index contributed by atoms with van der Waals surface area (Å²) in [4.78, 5) is 26.3. The van der Waals surface area contributed by atoms with E-state index in [2.05, 4.69) is 41.0 Å². The van der Waals surface area contributed by atoms with Crippen LogP contribution in [0, 0.1) is 0 Å². The molecular weight excluding hydrogens is 580 g/mol. The molecule has 0 fully saturated rings. The number of hydrogen-bond acceptors (Lipinski definition) is 5. The molecule has 1 aromatic heterocycles. The van der Waals surface area contributed by atoms with Gasteiger partial charge in [-0.2, -0.15) is 0 Å². The summed E-state index contributed by atoms with van der Waals surface area (Å²) in [6, 6.07) is 33.4. The average Bonchev–Trinajstić information content (AvgIpc) is 3.53. The third kappa shape index (κ3) is 7.56. The normalized spacial score (nSPS) is 13.7. The van der Waals surface area contributed by atoms with Crippen molar-refractivity contribution in [2.24, 2.45) is 0 Å². The standard InChI is InChI=1S/C38H36N2O4S/c41-37(39-22-23-45-43)31-12-10-26(11-13-31)24-34(29-16-14-28(15-17-29)27-6-2-1-3-7-27)38(42)40-33-20-18-30(19-21-33)36-25-32-8-4-5-9-35(32)44-36/h4-6,8-21,25,34,43H,1-3,7,22-24H2,(H,39,41)(H,40,42). The van der Waals surface area contributed by atoms with Gasteiger partial charge in [0.25, 0.3) is 5.91 Å². The maximum atomic E-state index is 13.9. The van der Waals surface area contributed by atoms with Crippen LogP contribution >= 0.6 is 12.0 Å². The summed E-state index contributed by atoms with van der Waals surface area (Å²) >= 11 is 0.698. The van der Waals surface area contributed by atoms with E-state index in [-0.39, 0.29) is 11.8 Å². The number of carbonyl (C=O) groups excluding carboxylic acids is 2. The van der Waals surface area contributed by atoms with Gasteiger partial charge in [0.15, 0.2) is 0 Å². The number of allylic oxidation sites excluding steroid dienone is 2. The third-order valence-corrected chi connectivity index (χ3v) is 8.68. The fourth-order valence-corrected chi connectivity index (χ4v) is 6.00. The minimum absolute atomic E-state index is 0.0977. The van der Waals surface area contributed by atoms with E-state index in [1.807, 2.05) is 66.7 Å².